The van der Waals surface area contributed by atoms with E-state index in [1.54, 1.807) is 13.8 Å². The molecule has 32 heavy (non-hydrogen) atoms. The molecule has 3 aromatic rings. The lowest BCUT2D eigenvalue weighted by molar-refractivity contribution is -0.120. The molecule has 1 aliphatic heterocycles. The van der Waals surface area contributed by atoms with Gasteiger partial charge in [-0.25, -0.2) is 17.2 Å². The van der Waals surface area contributed by atoms with Crippen LogP contribution < -0.4 is 5.32 Å². The van der Waals surface area contributed by atoms with E-state index in [1.807, 2.05) is 0 Å². The SMILES string of the molecule is Cc1nc(-c2cc(S(=O)(=O)N3CCC[C@@H](C(=O)Nc4cc(F)ccc4F)C3)c(C)s2)no1. The van der Waals surface area contributed by atoms with Gasteiger partial charge in [-0.3, -0.25) is 4.79 Å². The molecule has 0 radical (unpaired) electrons. The van der Waals surface area contributed by atoms with Gasteiger partial charge in [-0.05, 0) is 38.0 Å². The molecule has 0 unspecified atom stereocenters. The summed E-state index contributed by atoms with van der Waals surface area (Å²) in [4.78, 5) is 18.0. The first-order valence-electron chi connectivity index (χ1n) is 9.82. The summed E-state index contributed by atoms with van der Waals surface area (Å²) >= 11 is 1.24. The number of carbonyl (C=O) groups is 1. The Morgan fingerprint density at radius 3 is 2.78 bits per heavy atom. The van der Waals surface area contributed by atoms with Gasteiger partial charge in [-0.2, -0.15) is 9.29 Å². The monoisotopic (exact) mass is 482 g/mol. The Hall–Kier alpha value is -2.70. The van der Waals surface area contributed by atoms with Crippen molar-refractivity contribution < 1.29 is 26.5 Å². The molecule has 0 bridgehead atoms. The van der Waals surface area contributed by atoms with Crippen molar-refractivity contribution in [2.24, 2.45) is 5.92 Å². The second-order valence-corrected chi connectivity index (χ2v) is 10.6. The van der Waals surface area contributed by atoms with Gasteiger partial charge in [0.1, 0.15) is 11.6 Å². The number of aryl methyl sites for hydroxylation is 2. The van der Waals surface area contributed by atoms with Crippen molar-refractivity contribution in [1.82, 2.24) is 14.4 Å². The number of sulfonamides is 1. The van der Waals surface area contributed by atoms with Crippen molar-refractivity contribution in [3.63, 3.8) is 0 Å². The largest absolute Gasteiger partial charge is 0.339 e. The lowest BCUT2D eigenvalue weighted by Gasteiger charge is -2.31. The number of benzene rings is 1. The van der Waals surface area contributed by atoms with Crippen molar-refractivity contribution in [3.8, 4) is 10.7 Å². The summed E-state index contributed by atoms with van der Waals surface area (Å²) in [5.74, 6) is -2.02. The Morgan fingerprint density at radius 1 is 1.28 bits per heavy atom. The number of nitrogens with one attached hydrogen (secondary N) is 1. The van der Waals surface area contributed by atoms with Crippen LogP contribution in [0.4, 0.5) is 14.5 Å². The molecule has 3 heterocycles. The summed E-state index contributed by atoms with van der Waals surface area (Å²) in [6.45, 7) is 3.53. The maximum absolute atomic E-state index is 13.9. The smallest absolute Gasteiger partial charge is 0.244 e. The summed E-state index contributed by atoms with van der Waals surface area (Å²) in [7, 11) is -3.88. The number of anilines is 1. The number of hydrogen-bond donors (Lipinski definition) is 1. The average molecular weight is 483 g/mol. The van der Waals surface area contributed by atoms with Gasteiger partial charge in [0, 0.05) is 31.0 Å². The van der Waals surface area contributed by atoms with Gasteiger partial charge in [0.25, 0.3) is 0 Å². The molecule has 1 amide bonds. The Kier molecular flexibility index (Phi) is 6.10. The van der Waals surface area contributed by atoms with Crippen LogP contribution in [0, 0.1) is 31.4 Å². The summed E-state index contributed by atoms with van der Waals surface area (Å²) in [6.07, 6.45) is 0.897. The lowest BCUT2D eigenvalue weighted by Crippen LogP contribution is -2.43. The molecule has 2 aromatic heterocycles. The normalized spacial score (nSPS) is 17.4. The molecule has 1 aliphatic rings. The number of rotatable bonds is 5. The minimum atomic E-state index is -3.88. The van der Waals surface area contributed by atoms with Crippen molar-refractivity contribution in [2.75, 3.05) is 18.4 Å². The third kappa shape index (κ3) is 4.43. The molecule has 1 fully saturated rings. The fraction of sp³-hybridized carbons (Fsp3) is 0.350. The summed E-state index contributed by atoms with van der Waals surface area (Å²) in [6, 6.07) is 4.27. The standard InChI is InChI=1S/C20H20F2N4O4S2/c1-11-18(9-17(31-11)19-23-12(2)30-25-19)32(28,29)26-7-3-4-13(10-26)20(27)24-16-8-14(21)5-6-15(16)22/h5-6,8-9,13H,3-4,7,10H2,1-2H3,(H,24,27)/t13-/m1/s1. The van der Waals surface area contributed by atoms with E-state index in [-0.39, 0.29) is 23.7 Å². The third-order valence-corrected chi connectivity index (χ3v) is 8.35. The van der Waals surface area contributed by atoms with Crippen molar-refractivity contribution in [1.29, 1.82) is 0 Å². The van der Waals surface area contributed by atoms with Gasteiger partial charge in [0.05, 0.1) is 21.4 Å². The van der Waals surface area contributed by atoms with E-state index >= 15 is 0 Å². The molecular formula is C20H20F2N4O4S2. The molecule has 0 aliphatic carbocycles. The number of thiophene rings is 1. The third-order valence-electron chi connectivity index (χ3n) is 5.18. The Morgan fingerprint density at radius 2 is 2.06 bits per heavy atom. The molecule has 1 saturated heterocycles. The molecule has 170 valence electrons. The molecule has 1 atom stereocenters. The van der Waals surface area contributed by atoms with Crippen LogP contribution in [0.15, 0.2) is 33.7 Å². The first-order chi connectivity index (χ1) is 15.1. The van der Waals surface area contributed by atoms with Crippen LogP contribution in [-0.4, -0.2) is 41.9 Å². The molecule has 0 spiro atoms. The molecule has 1 aromatic carbocycles. The highest BCUT2D eigenvalue weighted by Gasteiger charge is 2.35. The van der Waals surface area contributed by atoms with E-state index in [0.29, 0.717) is 34.3 Å². The maximum Gasteiger partial charge on any atom is 0.244 e. The molecule has 8 nitrogen and oxygen atoms in total. The fourth-order valence-corrected chi connectivity index (χ4v) is 6.58. The quantitative estimate of drug-likeness (QED) is 0.594. The number of piperidine rings is 1. The number of halogens is 2. The maximum atomic E-state index is 13.9. The van der Waals surface area contributed by atoms with Crippen LogP contribution in [0.5, 0.6) is 0 Å². The van der Waals surface area contributed by atoms with Gasteiger partial charge < -0.3 is 9.84 Å². The van der Waals surface area contributed by atoms with Gasteiger partial charge in [-0.15, -0.1) is 11.3 Å². The number of aromatic nitrogens is 2. The highest BCUT2D eigenvalue weighted by atomic mass is 32.2. The van der Waals surface area contributed by atoms with Crippen LogP contribution in [0.25, 0.3) is 10.7 Å². The highest BCUT2D eigenvalue weighted by Crippen LogP contribution is 2.35. The van der Waals surface area contributed by atoms with Crippen LogP contribution in [0.1, 0.15) is 23.6 Å². The van der Waals surface area contributed by atoms with Crippen LogP contribution >= 0.6 is 11.3 Å². The summed E-state index contributed by atoms with van der Waals surface area (Å²) < 4.78 is 60.1. The van der Waals surface area contributed by atoms with E-state index in [2.05, 4.69) is 15.5 Å². The number of nitrogens with zero attached hydrogens (tertiary/aromatic N) is 3. The van der Waals surface area contributed by atoms with E-state index in [9.17, 15) is 22.0 Å². The number of amides is 1. The Labute approximate surface area is 187 Å². The predicted molar refractivity (Wildman–Crippen MR) is 114 cm³/mol. The zero-order valence-corrected chi connectivity index (χ0v) is 18.9. The molecule has 1 N–H and O–H groups in total. The van der Waals surface area contributed by atoms with E-state index in [4.69, 9.17) is 4.52 Å². The first kappa shape index (κ1) is 22.5. The van der Waals surface area contributed by atoms with Crippen molar-refractivity contribution in [3.05, 3.63) is 46.7 Å². The van der Waals surface area contributed by atoms with Crippen molar-refractivity contribution in [2.45, 2.75) is 31.6 Å². The Balaban J connectivity index is 1.53. The second kappa shape index (κ2) is 8.68. The zero-order chi connectivity index (χ0) is 23.0. The molecule has 0 saturated carbocycles. The van der Waals surface area contributed by atoms with E-state index in [0.717, 1.165) is 18.2 Å². The molecule has 4 rings (SSSR count). The molecular weight excluding hydrogens is 462 g/mol. The number of carbonyl (C=O) groups excluding carboxylic acids is 1. The zero-order valence-electron chi connectivity index (χ0n) is 17.3. The predicted octanol–water partition coefficient (Wildman–Crippen LogP) is 3.73. The van der Waals surface area contributed by atoms with E-state index < -0.39 is 33.5 Å². The van der Waals surface area contributed by atoms with E-state index in [1.165, 1.54) is 21.7 Å². The molecule has 12 heteroatoms. The van der Waals surface area contributed by atoms with Gasteiger partial charge in [0.2, 0.25) is 27.6 Å². The average Bonchev–Trinajstić information content (AvgIpc) is 3.36. The first-order valence-corrected chi connectivity index (χ1v) is 12.1. The number of hydrogen-bond acceptors (Lipinski definition) is 7. The minimum absolute atomic E-state index is 0.0585. The van der Waals surface area contributed by atoms with Gasteiger partial charge >= 0.3 is 0 Å². The Bertz CT molecular complexity index is 1270. The van der Waals surface area contributed by atoms with Gasteiger partial charge in [0.15, 0.2) is 0 Å². The second-order valence-electron chi connectivity index (χ2n) is 7.48. The minimum Gasteiger partial charge on any atom is -0.339 e. The van der Waals surface area contributed by atoms with Crippen molar-refractivity contribution >= 4 is 33.0 Å². The fourth-order valence-electron chi connectivity index (χ4n) is 3.57. The summed E-state index contributed by atoms with van der Waals surface area (Å²) in [5, 5.41) is 6.20. The van der Waals surface area contributed by atoms with Crippen LogP contribution in [0.3, 0.4) is 0 Å². The highest BCUT2D eigenvalue weighted by molar-refractivity contribution is 7.89. The topological polar surface area (TPSA) is 105 Å². The lowest BCUT2D eigenvalue weighted by atomic mass is 9.98. The van der Waals surface area contributed by atoms with Crippen LogP contribution in [-0.2, 0) is 14.8 Å². The summed E-state index contributed by atoms with van der Waals surface area (Å²) in [5.41, 5.74) is -0.274. The van der Waals surface area contributed by atoms with Gasteiger partial charge in [-0.1, -0.05) is 5.16 Å². The van der Waals surface area contributed by atoms with Crippen LogP contribution in [0.2, 0.25) is 0 Å².